The first-order valence-electron chi connectivity index (χ1n) is 7.08. The van der Waals surface area contributed by atoms with Crippen LogP contribution in [-0.2, 0) is 0 Å². The SMILES string of the molecule is Clc1ccccc1-c1ccn2nc(Nc3cccnc3)nc2c1. The van der Waals surface area contributed by atoms with Gasteiger partial charge in [-0.3, -0.25) is 4.98 Å². The smallest absolute Gasteiger partial charge is 0.247 e. The Morgan fingerprint density at radius 1 is 1.04 bits per heavy atom. The third-order valence-corrected chi connectivity index (χ3v) is 3.77. The third kappa shape index (κ3) is 2.74. The Morgan fingerprint density at radius 2 is 1.96 bits per heavy atom. The van der Waals surface area contributed by atoms with Gasteiger partial charge in [0.1, 0.15) is 0 Å². The number of hydrogen-bond donors (Lipinski definition) is 1. The van der Waals surface area contributed by atoms with Crippen molar-refractivity contribution in [1.82, 2.24) is 19.6 Å². The van der Waals surface area contributed by atoms with Gasteiger partial charge in [0.05, 0.1) is 11.9 Å². The number of nitrogens with one attached hydrogen (secondary N) is 1. The van der Waals surface area contributed by atoms with Crippen LogP contribution in [0.25, 0.3) is 16.8 Å². The molecule has 112 valence electrons. The van der Waals surface area contributed by atoms with Crippen molar-refractivity contribution in [3.63, 3.8) is 0 Å². The zero-order chi connectivity index (χ0) is 15.6. The Bertz CT molecular complexity index is 965. The summed E-state index contributed by atoms with van der Waals surface area (Å²) in [6.45, 7) is 0. The van der Waals surface area contributed by atoms with Crippen LogP contribution < -0.4 is 5.32 Å². The molecule has 1 N–H and O–H groups in total. The van der Waals surface area contributed by atoms with E-state index in [1.165, 1.54) is 0 Å². The van der Waals surface area contributed by atoms with Gasteiger partial charge >= 0.3 is 0 Å². The zero-order valence-corrected chi connectivity index (χ0v) is 12.8. The molecule has 23 heavy (non-hydrogen) atoms. The van der Waals surface area contributed by atoms with Gasteiger partial charge in [-0.05, 0) is 35.9 Å². The van der Waals surface area contributed by atoms with Crippen LogP contribution in [0.4, 0.5) is 11.6 Å². The van der Waals surface area contributed by atoms with Crippen LogP contribution in [0, 0.1) is 0 Å². The van der Waals surface area contributed by atoms with Gasteiger partial charge < -0.3 is 5.32 Å². The molecule has 0 radical (unpaired) electrons. The van der Waals surface area contributed by atoms with E-state index in [9.17, 15) is 0 Å². The minimum atomic E-state index is 0.523. The Labute approximate surface area is 137 Å². The molecule has 5 nitrogen and oxygen atoms in total. The van der Waals surface area contributed by atoms with Crippen molar-refractivity contribution in [2.75, 3.05) is 5.32 Å². The molecule has 4 rings (SSSR count). The summed E-state index contributed by atoms with van der Waals surface area (Å²) in [6, 6.07) is 15.4. The van der Waals surface area contributed by atoms with E-state index in [2.05, 4.69) is 20.4 Å². The van der Waals surface area contributed by atoms with Crippen LogP contribution in [0.15, 0.2) is 67.1 Å². The van der Waals surface area contributed by atoms with Crippen molar-refractivity contribution in [3.05, 3.63) is 72.1 Å². The Hall–Kier alpha value is -2.92. The molecule has 0 amide bonds. The molecule has 0 bridgehead atoms. The van der Waals surface area contributed by atoms with Crippen LogP contribution in [0.2, 0.25) is 5.02 Å². The maximum Gasteiger partial charge on any atom is 0.247 e. The van der Waals surface area contributed by atoms with E-state index >= 15 is 0 Å². The number of anilines is 2. The first-order valence-corrected chi connectivity index (χ1v) is 7.46. The Balaban J connectivity index is 1.71. The molecule has 3 heterocycles. The van der Waals surface area contributed by atoms with Gasteiger partial charge in [-0.25, -0.2) is 4.52 Å². The number of halogens is 1. The maximum absolute atomic E-state index is 6.26. The molecule has 1 aromatic carbocycles. The largest absolute Gasteiger partial charge is 0.321 e. The molecule has 6 heteroatoms. The quantitative estimate of drug-likeness (QED) is 0.614. The maximum atomic E-state index is 6.26. The van der Waals surface area contributed by atoms with Crippen molar-refractivity contribution < 1.29 is 0 Å². The van der Waals surface area contributed by atoms with Gasteiger partial charge in [-0.2, -0.15) is 4.98 Å². The lowest BCUT2D eigenvalue weighted by molar-refractivity contribution is 0.965. The molecule has 0 aliphatic carbocycles. The van der Waals surface area contributed by atoms with Gasteiger partial charge in [0.25, 0.3) is 0 Å². The summed E-state index contributed by atoms with van der Waals surface area (Å²) in [5.74, 6) is 0.523. The van der Waals surface area contributed by atoms with E-state index in [-0.39, 0.29) is 0 Å². The highest BCUT2D eigenvalue weighted by atomic mass is 35.5. The first-order chi connectivity index (χ1) is 11.3. The van der Waals surface area contributed by atoms with E-state index in [0.717, 1.165) is 22.5 Å². The third-order valence-electron chi connectivity index (χ3n) is 3.44. The molecule has 0 unspecified atom stereocenters. The minimum Gasteiger partial charge on any atom is -0.321 e. The summed E-state index contributed by atoms with van der Waals surface area (Å²) in [4.78, 5) is 8.55. The normalized spacial score (nSPS) is 10.8. The van der Waals surface area contributed by atoms with E-state index in [0.29, 0.717) is 11.0 Å². The topological polar surface area (TPSA) is 55.1 Å². The second-order valence-electron chi connectivity index (χ2n) is 5.00. The highest BCUT2D eigenvalue weighted by Crippen LogP contribution is 2.28. The molecule has 0 atom stereocenters. The second kappa shape index (κ2) is 5.70. The average Bonchev–Trinajstić information content (AvgIpc) is 2.97. The highest BCUT2D eigenvalue weighted by Gasteiger charge is 2.07. The number of nitrogens with zero attached hydrogens (tertiary/aromatic N) is 4. The summed E-state index contributed by atoms with van der Waals surface area (Å²) in [5, 5.41) is 8.24. The van der Waals surface area contributed by atoms with E-state index < -0.39 is 0 Å². The monoisotopic (exact) mass is 321 g/mol. The minimum absolute atomic E-state index is 0.523. The van der Waals surface area contributed by atoms with Gasteiger partial charge in [0.2, 0.25) is 5.95 Å². The van der Waals surface area contributed by atoms with E-state index in [1.54, 1.807) is 16.9 Å². The molecular weight excluding hydrogens is 310 g/mol. The molecule has 4 aromatic rings. The summed E-state index contributed by atoms with van der Waals surface area (Å²) >= 11 is 6.26. The fourth-order valence-electron chi connectivity index (χ4n) is 2.36. The summed E-state index contributed by atoms with van der Waals surface area (Å²) in [7, 11) is 0. The van der Waals surface area contributed by atoms with Crippen molar-refractivity contribution in [2.24, 2.45) is 0 Å². The second-order valence-corrected chi connectivity index (χ2v) is 5.41. The summed E-state index contributed by atoms with van der Waals surface area (Å²) in [6.07, 6.45) is 5.31. The Kier molecular flexibility index (Phi) is 3.40. The average molecular weight is 322 g/mol. The van der Waals surface area contributed by atoms with Crippen molar-refractivity contribution in [1.29, 1.82) is 0 Å². The van der Waals surface area contributed by atoms with Crippen LogP contribution in [0.3, 0.4) is 0 Å². The van der Waals surface area contributed by atoms with Crippen LogP contribution in [-0.4, -0.2) is 19.6 Å². The molecule has 3 aromatic heterocycles. The van der Waals surface area contributed by atoms with Crippen LogP contribution >= 0.6 is 11.6 Å². The lowest BCUT2D eigenvalue weighted by Gasteiger charge is -2.03. The number of hydrogen-bond acceptors (Lipinski definition) is 4. The van der Waals surface area contributed by atoms with Gasteiger partial charge in [0.15, 0.2) is 5.65 Å². The predicted octanol–water partition coefficient (Wildman–Crippen LogP) is 4.19. The van der Waals surface area contributed by atoms with Crippen LogP contribution in [0.5, 0.6) is 0 Å². The molecule has 0 spiro atoms. The fourth-order valence-corrected chi connectivity index (χ4v) is 2.61. The van der Waals surface area contributed by atoms with E-state index in [1.807, 2.05) is 54.7 Å². The standard InChI is InChI=1S/C17H12ClN5/c18-15-6-2-1-5-14(15)12-7-9-23-16(10-12)21-17(22-23)20-13-4-3-8-19-11-13/h1-11H,(H,20,22). The fraction of sp³-hybridized carbons (Fsp3) is 0. The van der Waals surface area contributed by atoms with Crippen molar-refractivity contribution >= 4 is 28.9 Å². The number of rotatable bonds is 3. The highest BCUT2D eigenvalue weighted by molar-refractivity contribution is 6.33. The van der Waals surface area contributed by atoms with Gasteiger partial charge in [0, 0.05) is 23.0 Å². The molecule has 0 fully saturated rings. The summed E-state index contributed by atoms with van der Waals surface area (Å²) in [5.41, 5.74) is 3.56. The lowest BCUT2D eigenvalue weighted by atomic mass is 10.1. The molecule has 0 aliphatic heterocycles. The molecular formula is C17H12ClN5. The summed E-state index contributed by atoms with van der Waals surface area (Å²) < 4.78 is 1.72. The van der Waals surface area contributed by atoms with Gasteiger partial charge in [-0.15, -0.1) is 5.10 Å². The van der Waals surface area contributed by atoms with Crippen molar-refractivity contribution in [2.45, 2.75) is 0 Å². The predicted molar refractivity (Wildman–Crippen MR) is 91.0 cm³/mol. The number of benzene rings is 1. The zero-order valence-electron chi connectivity index (χ0n) is 12.0. The van der Waals surface area contributed by atoms with Crippen LogP contribution in [0.1, 0.15) is 0 Å². The van der Waals surface area contributed by atoms with Crippen molar-refractivity contribution in [3.8, 4) is 11.1 Å². The first kappa shape index (κ1) is 13.7. The molecule has 0 saturated carbocycles. The number of fused-ring (bicyclic) bond motifs is 1. The Morgan fingerprint density at radius 3 is 2.78 bits per heavy atom. The number of aromatic nitrogens is 4. The molecule has 0 aliphatic rings. The number of pyridine rings is 2. The molecule has 0 saturated heterocycles. The van der Waals surface area contributed by atoms with Gasteiger partial charge in [-0.1, -0.05) is 29.8 Å². The van der Waals surface area contributed by atoms with E-state index in [4.69, 9.17) is 11.6 Å². The lowest BCUT2D eigenvalue weighted by Crippen LogP contribution is -1.93.